The molecule has 0 unspecified atom stereocenters. The van der Waals surface area contributed by atoms with Gasteiger partial charge in [-0.25, -0.2) is 0 Å². The molecule has 4 aromatic rings. The second kappa shape index (κ2) is 10.2. The Morgan fingerprint density at radius 3 is 2.49 bits per heavy atom. The maximum absolute atomic E-state index is 10.2. The van der Waals surface area contributed by atoms with Crippen LogP contribution in [0, 0.1) is 6.92 Å². The van der Waals surface area contributed by atoms with Gasteiger partial charge in [-0.05, 0) is 56.4 Å². The van der Waals surface area contributed by atoms with E-state index < -0.39 is 5.60 Å². The first-order valence-corrected chi connectivity index (χ1v) is 13.0. The van der Waals surface area contributed by atoms with E-state index in [1.165, 1.54) is 18.4 Å². The minimum Gasteiger partial charge on any atom is -0.390 e. The minimum atomic E-state index is -0.745. The predicted molar refractivity (Wildman–Crippen MR) is 143 cm³/mol. The lowest BCUT2D eigenvalue weighted by atomic mass is 9.79. The molecule has 0 amide bonds. The summed E-state index contributed by atoms with van der Waals surface area (Å²) in [4.78, 5) is 4.64. The van der Waals surface area contributed by atoms with Crippen LogP contribution in [-0.4, -0.2) is 44.3 Å². The molecule has 5 rings (SSSR count). The van der Waals surface area contributed by atoms with Crippen molar-refractivity contribution in [3.63, 3.8) is 0 Å². The van der Waals surface area contributed by atoms with Gasteiger partial charge in [-0.3, -0.25) is 4.68 Å². The Labute approximate surface area is 218 Å². The van der Waals surface area contributed by atoms with Gasteiger partial charge in [0.05, 0.1) is 18.8 Å². The molecule has 0 saturated heterocycles. The molecule has 0 atom stereocenters. The molecule has 7 nitrogen and oxygen atoms in total. The highest BCUT2D eigenvalue weighted by molar-refractivity contribution is 5.58. The molecule has 2 heterocycles. The van der Waals surface area contributed by atoms with Crippen LogP contribution in [0.25, 0.3) is 23.0 Å². The molecule has 0 bridgehead atoms. The van der Waals surface area contributed by atoms with Gasteiger partial charge in [-0.1, -0.05) is 66.5 Å². The second-order valence-corrected chi connectivity index (χ2v) is 11.1. The smallest absolute Gasteiger partial charge is 0.278 e. The summed E-state index contributed by atoms with van der Waals surface area (Å²) in [5.74, 6) is 0.962. The van der Waals surface area contributed by atoms with Crippen molar-refractivity contribution in [3.05, 3.63) is 77.0 Å². The third kappa shape index (κ3) is 5.68. The van der Waals surface area contributed by atoms with Crippen molar-refractivity contribution in [2.45, 2.75) is 70.4 Å². The van der Waals surface area contributed by atoms with Gasteiger partial charge in [0, 0.05) is 30.2 Å². The third-order valence-corrected chi connectivity index (χ3v) is 7.32. The van der Waals surface area contributed by atoms with Gasteiger partial charge < -0.3 is 14.4 Å². The Morgan fingerprint density at radius 1 is 1.05 bits per heavy atom. The number of ether oxygens (including phenoxy) is 1. The van der Waals surface area contributed by atoms with E-state index in [-0.39, 0.29) is 5.41 Å². The van der Waals surface area contributed by atoms with Crippen molar-refractivity contribution in [1.29, 1.82) is 0 Å². The molecule has 1 aliphatic carbocycles. The van der Waals surface area contributed by atoms with Crippen molar-refractivity contribution >= 4 is 0 Å². The van der Waals surface area contributed by atoms with E-state index in [0.29, 0.717) is 30.4 Å². The summed E-state index contributed by atoms with van der Waals surface area (Å²) < 4.78 is 13.1. The van der Waals surface area contributed by atoms with Gasteiger partial charge in [0.25, 0.3) is 5.89 Å². The van der Waals surface area contributed by atoms with Crippen molar-refractivity contribution in [2.75, 3.05) is 13.7 Å². The number of hydrogen-bond donors (Lipinski definition) is 1. The summed E-state index contributed by atoms with van der Waals surface area (Å²) in [5.41, 5.74) is 5.50. The number of benzene rings is 2. The molecule has 1 fully saturated rings. The largest absolute Gasteiger partial charge is 0.390 e. The summed E-state index contributed by atoms with van der Waals surface area (Å²) in [6, 6.07) is 18.7. The van der Waals surface area contributed by atoms with Crippen LogP contribution in [0.3, 0.4) is 0 Å². The van der Waals surface area contributed by atoms with Crippen molar-refractivity contribution in [1.82, 2.24) is 19.9 Å². The normalized spacial score (nSPS) is 15.4. The van der Waals surface area contributed by atoms with Crippen LogP contribution in [-0.2, 0) is 23.1 Å². The highest BCUT2D eigenvalue weighted by atomic mass is 16.5. The van der Waals surface area contributed by atoms with E-state index in [4.69, 9.17) is 14.4 Å². The highest BCUT2D eigenvalue weighted by Crippen LogP contribution is 2.41. The number of methoxy groups -OCH3 is 1. The molecule has 37 heavy (non-hydrogen) atoms. The van der Waals surface area contributed by atoms with Gasteiger partial charge in [0.15, 0.2) is 5.69 Å². The van der Waals surface area contributed by atoms with Gasteiger partial charge >= 0.3 is 0 Å². The van der Waals surface area contributed by atoms with E-state index >= 15 is 0 Å². The monoisotopic (exact) mass is 500 g/mol. The van der Waals surface area contributed by atoms with Crippen LogP contribution >= 0.6 is 0 Å². The fraction of sp³-hybridized carbons (Fsp3) is 0.433. The first-order chi connectivity index (χ1) is 17.7. The summed E-state index contributed by atoms with van der Waals surface area (Å²) >= 11 is 0. The van der Waals surface area contributed by atoms with E-state index in [2.05, 4.69) is 46.5 Å². The summed E-state index contributed by atoms with van der Waals surface area (Å²) in [7, 11) is 1.79. The molecule has 2 aromatic carbocycles. The average Bonchev–Trinajstić information content (AvgIpc) is 3.60. The van der Waals surface area contributed by atoms with Crippen LogP contribution in [0.1, 0.15) is 61.9 Å². The van der Waals surface area contributed by atoms with Crippen LogP contribution < -0.4 is 0 Å². The zero-order valence-electron chi connectivity index (χ0n) is 22.2. The average molecular weight is 501 g/mol. The van der Waals surface area contributed by atoms with Crippen molar-refractivity contribution < 1.29 is 14.4 Å². The molecule has 0 spiro atoms. The minimum absolute atomic E-state index is 0.119. The quantitative estimate of drug-likeness (QED) is 0.316. The van der Waals surface area contributed by atoms with Gasteiger partial charge in [0.2, 0.25) is 5.82 Å². The number of nitrogens with zero attached hydrogens (tertiary/aromatic N) is 4. The molecule has 0 aliphatic heterocycles. The molecule has 7 heteroatoms. The Hall–Kier alpha value is -3.29. The maximum Gasteiger partial charge on any atom is 0.278 e. The summed E-state index contributed by atoms with van der Waals surface area (Å²) in [5, 5.41) is 19.1. The predicted octanol–water partition coefficient (Wildman–Crippen LogP) is 5.73. The SMILES string of the molecule is COCC1(c2ccc(-c3noc(-c4cc(C)n(Cc5cccc(CC(C)(C)O)c5)n4)n3)cc2)CCCC1. The number of rotatable bonds is 9. The first-order valence-electron chi connectivity index (χ1n) is 13.0. The molecular formula is C30H36N4O3. The van der Waals surface area contributed by atoms with Crippen molar-refractivity contribution in [3.8, 4) is 23.0 Å². The highest BCUT2D eigenvalue weighted by Gasteiger charge is 2.35. The Balaban J connectivity index is 1.32. The van der Waals surface area contributed by atoms with Crippen LogP contribution in [0.4, 0.5) is 0 Å². The number of hydrogen-bond acceptors (Lipinski definition) is 6. The van der Waals surface area contributed by atoms with Gasteiger partial charge in [-0.2, -0.15) is 10.1 Å². The van der Waals surface area contributed by atoms with Gasteiger partial charge in [-0.15, -0.1) is 0 Å². The topological polar surface area (TPSA) is 86.2 Å². The Kier molecular flexibility index (Phi) is 7.01. The lowest BCUT2D eigenvalue weighted by Gasteiger charge is -2.28. The van der Waals surface area contributed by atoms with Crippen LogP contribution in [0.5, 0.6) is 0 Å². The molecular weight excluding hydrogens is 464 g/mol. The van der Waals surface area contributed by atoms with Gasteiger partial charge in [0.1, 0.15) is 0 Å². The lowest BCUT2D eigenvalue weighted by molar-refractivity contribution is 0.0810. The van der Waals surface area contributed by atoms with E-state index in [1.54, 1.807) is 7.11 Å². The van der Waals surface area contributed by atoms with Crippen LogP contribution in [0.15, 0.2) is 59.1 Å². The molecule has 1 aliphatic rings. The first kappa shape index (κ1) is 25.4. The summed E-state index contributed by atoms with van der Waals surface area (Å²) in [6.07, 6.45) is 5.43. The Morgan fingerprint density at radius 2 is 1.78 bits per heavy atom. The third-order valence-electron chi connectivity index (χ3n) is 7.32. The van der Waals surface area contributed by atoms with Crippen LogP contribution in [0.2, 0.25) is 0 Å². The second-order valence-electron chi connectivity index (χ2n) is 11.1. The molecule has 194 valence electrons. The fourth-order valence-corrected chi connectivity index (χ4v) is 5.55. The maximum atomic E-state index is 10.2. The molecule has 1 saturated carbocycles. The fourth-order valence-electron chi connectivity index (χ4n) is 5.55. The molecule has 2 aromatic heterocycles. The zero-order valence-corrected chi connectivity index (χ0v) is 22.2. The zero-order chi connectivity index (χ0) is 26.0. The van der Waals surface area contributed by atoms with E-state index in [0.717, 1.165) is 41.8 Å². The molecule has 1 N–H and O–H groups in total. The lowest BCUT2D eigenvalue weighted by Crippen LogP contribution is -2.27. The Bertz CT molecular complexity index is 1340. The van der Waals surface area contributed by atoms with E-state index in [1.807, 2.05) is 43.7 Å². The number of aryl methyl sites for hydroxylation is 1. The summed E-state index contributed by atoms with van der Waals surface area (Å²) in [6.45, 7) is 7.04. The van der Waals surface area contributed by atoms with Crippen molar-refractivity contribution in [2.24, 2.45) is 0 Å². The number of aliphatic hydroxyl groups is 1. The van der Waals surface area contributed by atoms with E-state index in [9.17, 15) is 5.11 Å². The standard InChI is InChI=1S/C30H36N4O3/c1-21-16-26(32-34(21)19-23-9-7-8-22(17-23)18-29(2,3)35)28-31-27(33-37-28)24-10-12-25(13-11-24)30(20-36-4)14-5-6-15-30/h7-13,16-17,35H,5-6,14-15,18-20H2,1-4H3. The number of aromatic nitrogens is 4. The molecule has 0 radical (unpaired) electrons.